The molecule has 168 valence electrons. The summed E-state index contributed by atoms with van der Waals surface area (Å²) in [5.74, 6) is 0.988. The molecule has 7 heteroatoms. The predicted molar refractivity (Wildman–Crippen MR) is 120 cm³/mol. The van der Waals surface area contributed by atoms with Crippen LogP contribution in [0.25, 0.3) is 5.70 Å². The highest BCUT2D eigenvalue weighted by atomic mass is 16.5. The first-order chi connectivity index (χ1) is 15.6. The molecule has 1 atom stereocenters. The van der Waals surface area contributed by atoms with E-state index in [0.29, 0.717) is 22.6 Å². The van der Waals surface area contributed by atoms with Gasteiger partial charge in [0.25, 0.3) is 0 Å². The van der Waals surface area contributed by atoms with Crippen LogP contribution in [0.1, 0.15) is 49.8 Å². The van der Waals surface area contributed by atoms with E-state index in [9.17, 15) is 9.59 Å². The molecule has 1 aliphatic heterocycles. The minimum Gasteiger partial charge on any atom is -0.497 e. The van der Waals surface area contributed by atoms with Crippen LogP contribution in [0.3, 0.4) is 0 Å². The fourth-order valence-corrected chi connectivity index (χ4v) is 4.17. The summed E-state index contributed by atoms with van der Waals surface area (Å²) in [5, 5.41) is 5.64. The average molecular weight is 437 g/mol. The molecule has 1 unspecified atom stereocenters. The zero-order chi connectivity index (χ0) is 22.5. The van der Waals surface area contributed by atoms with Gasteiger partial charge in [-0.25, -0.2) is 9.59 Å². The third-order valence-corrected chi connectivity index (χ3v) is 5.76. The number of urea groups is 1. The van der Waals surface area contributed by atoms with Crippen molar-refractivity contribution in [3.05, 3.63) is 65.2 Å². The van der Waals surface area contributed by atoms with Crippen LogP contribution < -0.4 is 20.1 Å². The maximum atomic E-state index is 13.0. The Morgan fingerprint density at radius 1 is 1.00 bits per heavy atom. The van der Waals surface area contributed by atoms with Gasteiger partial charge in [-0.05, 0) is 80.1 Å². The molecule has 1 fully saturated rings. The van der Waals surface area contributed by atoms with E-state index >= 15 is 0 Å². The number of amides is 2. The zero-order valence-electron chi connectivity index (χ0n) is 18.4. The van der Waals surface area contributed by atoms with Gasteiger partial charge in [0.2, 0.25) is 0 Å². The summed E-state index contributed by atoms with van der Waals surface area (Å²) in [6, 6.07) is 13.7. The highest BCUT2D eigenvalue weighted by Crippen LogP contribution is 2.33. The molecule has 2 aromatic carbocycles. The Balaban J connectivity index is 1.69. The standard InChI is InChI=1S/C25H28N2O5/c1-3-31-24(28)21-22(16-8-12-18(30-2)13-9-16)26-25(29)27-23(21)17-10-14-20(15-11-17)32-19-6-4-5-7-19/h8-15,19,23H,3-7H2,1-2H3,(H2,26,27,29). The zero-order valence-corrected chi connectivity index (χ0v) is 18.4. The minimum absolute atomic E-state index is 0.229. The van der Waals surface area contributed by atoms with Gasteiger partial charge >= 0.3 is 12.0 Å². The van der Waals surface area contributed by atoms with E-state index in [2.05, 4.69) is 10.6 Å². The number of hydrogen-bond donors (Lipinski definition) is 2. The van der Waals surface area contributed by atoms with Crippen molar-refractivity contribution in [3.63, 3.8) is 0 Å². The fourth-order valence-electron chi connectivity index (χ4n) is 4.17. The molecule has 1 heterocycles. The number of nitrogens with one attached hydrogen (secondary N) is 2. The SMILES string of the molecule is CCOC(=O)C1=C(c2ccc(OC)cc2)NC(=O)NC1c1ccc(OC2CCCC2)cc1. The van der Waals surface area contributed by atoms with Crippen molar-refractivity contribution < 1.29 is 23.8 Å². The van der Waals surface area contributed by atoms with Gasteiger partial charge in [0.1, 0.15) is 11.5 Å². The van der Waals surface area contributed by atoms with Crippen LogP contribution in [0.5, 0.6) is 11.5 Å². The molecule has 0 bridgehead atoms. The Morgan fingerprint density at radius 3 is 2.28 bits per heavy atom. The lowest BCUT2D eigenvalue weighted by Gasteiger charge is -2.29. The normalized spacial score (nSPS) is 18.7. The maximum Gasteiger partial charge on any atom is 0.338 e. The third-order valence-electron chi connectivity index (χ3n) is 5.76. The van der Waals surface area contributed by atoms with E-state index in [1.807, 2.05) is 24.3 Å². The number of benzene rings is 2. The first kappa shape index (κ1) is 21.7. The lowest BCUT2D eigenvalue weighted by atomic mass is 9.92. The molecule has 2 amide bonds. The Morgan fingerprint density at radius 2 is 1.66 bits per heavy atom. The van der Waals surface area contributed by atoms with E-state index in [-0.39, 0.29) is 18.7 Å². The number of ether oxygens (including phenoxy) is 3. The van der Waals surface area contributed by atoms with Crippen molar-refractivity contribution in [2.75, 3.05) is 13.7 Å². The smallest absolute Gasteiger partial charge is 0.338 e. The van der Waals surface area contributed by atoms with Gasteiger partial charge in [-0.1, -0.05) is 12.1 Å². The predicted octanol–water partition coefficient (Wildman–Crippen LogP) is 4.34. The Labute approximate surface area is 187 Å². The Bertz CT molecular complexity index is 992. The van der Waals surface area contributed by atoms with E-state index in [0.717, 1.165) is 24.2 Å². The molecule has 4 rings (SSSR count). The lowest BCUT2D eigenvalue weighted by Crippen LogP contribution is -2.45. The molecule has 0 aromatic heterocycles. The maximum absolute atomic E-state index is 13.0. The molecule has 2 aliphatic rings. The van der Waals surface area contributed by atoms with Gasteiger partial charge in [0.15, 0.2) is 0 Å². The van der Waals surface area contributed by atoms with Crippen molar-refractivity contribution in [2.45, 2.75) is 44.8 Å². The van der Waals surface area contributed by atoms with Crippen LogP contribution in [0.15, 0.2) is 54.1 Å². The minimum atomic E-state index is -0.652. The highest BCUT2D eigenvalue weighted by Gasteiger charge is 2.34. The van der Waals surface area contributed by atoms with E-state index in [1.54, 1.807) is 38.3 Å². The number of esters is 1. The molecule has 1 saturated carbocycles. The van der Waals surface area contributed by atoms with Crippen LogP contribution in [-0.4, -0.2) is 31.8 Å². The number of rotatable bonds is 7. The molecule has 32 heavy (non-hydrogen) atoms. The summed E-state index contributed by atoms with van der Waals surface area (Å²) in [5.41, 5.74) is 2.23. The Hall–Kier alpha value is -3.48. The van der Waals surface area contributed by atoms with Gasteiger partial charge in [0, 0.05) is 0 Å². The molecular weight excluding hydrogens is 408 g/mol. The Kier molecular flexibility index (Phi) is 6.63. The first-order valence-corrected chi connectivity index (χ1v) is 11.0. The molecule has 2 aromatic rings. The molecule has 7 nitrogen and oxygen atoms in total. The quantitative estimate of drug-likeness (QED) is 0.631. The van der Waals surface area contributed by atoms with E-state index < -0.39 is 12.0 Å². The lowest BCUT2D eigenvalue weighted by molar-refractivity contribution is -0.138. The van der Waals surface area contributed by atoms with E-state index in [4.69, 9.17) is 14.2 Å². The topological polar surface area (TPSA) is 85.9 Å². The average Bonchev–Trinajstić information content (AvgIpc) is 3.32. The third kappa shape index (κ3) is 4.72. The van der Waals surface area contributed by atoms with Crippen molar-refractivity contribution in [1.82, 2.24) is 10.6 Å². The number of hydrogen-bond acceptors (Lipinski definition) is 5. The van der Waals surface area contributed by atoms with Gasteiger partial charge in [-0.15, -0.1) is 0 Å². The summed E-state index contributed by atoms with van der Waals surface area (Å²) in [4.78, 5) is 25.5. The van der Waals surface area contributed by atoms with Crippen LogP contribution in [0, 0.1) is 0 Å². The monoisotopic (exact) mass is 436 g/mol. The van der Waals surface area contributed by atoms with Gasteiger partial charge in [-0.2, -0.15) is 0 Å². The van der Waals surface area contributed by atoms with Crippen LogP contribution >= 0.6 is 0 Å². The molecule has 0 spiro atoms. The molecule has 2 N–H and O–H groups in total. The van der Waals surface area contributed by atoms with Crippen LogP contribution in [0.2, 0.25) is 0 Å². The van der Waals surface area contributed by atoms with Crippen LogP contribution in [-0.2, 0) is 9.53 Å². The molecule has 0 saturated heterocycles. The number of carbonyl (C=O) groups excluding carboxylic acids is 2. The summed E-state index contributed by atoms with van der Waals surface area (Å²) in [6.45, 7) is 1.98. The van der Waals surface area contributed by atoms with Crippen molar-refractivity contribution >= 4 is 17.7 Å². The number of carbonyl (C=O) groups is 2. The fraction of sp³-hybridized carbons (Fsp3) is 0.360. The summed E-state index contributed by atoms with van der Waals surface area (Å²) in [7, 11) is 1.58. The van der Waals surface area contributed by atoms with Crippen LogP contribution in [0.4, 0.5) is 4.79 Å². The van der Waals surface area contributed by atoms with Crippen molar-refractivity contribution in [2.24, 2.45) is 0 Å². The second-order valence-corrected chi connectivity index (χ2v) is 7.86. The van der Waals surface area contributed by atoms with E-state index in [1.165, 1.54) is 12.8 Å². The molecular formula is C25H28N2O5. The summed E-state index contributed by atoms with van der Waals surface area (Å²) >= 11 is 0. The van der Waals surface area contributed by atoms with Crippen molar-refractivity contribution in [1.29, 1.82) is 0 Å². The van der Waals surface area contributed by atoms with Gasteiger partial charge in [-0.3, -0.25) is 0 Å². The second kappa shape index (κ2) is 9.77. The molecule has 1 aliphatic carbocycles. The highest BCUT2D eigenvalue weighted by molar-refractivity contribution is 6.04. The number of methoxy groups -OCH3 is 1. The largest absolute Gasteiger partial charge is 0.497 e. The summed E-state index contributed by atoms with van der Waals surface area (Å²) in [6.07, 6.45) is 4.81. The first-order valence-electron chi connectivity index (χ1n) is 11.0. The second-order valence-electron chi connectivity index (χ2n) is 7.86. The van der Waals surface area contributed by atoms with Gasteiger partial charge < -0.3 is 24.8 Å². The summed E-state index contributed by atoms with van der Waals surface area (Å²) < 4.78 is 16.6. The molecule has 0 radical (unpaired) electrons. The van der Waals surface area contributed by atoms with Gasteiger partial charge in [0.05, 0.1) is 37.1 Å². The van der Waals surface area contributed by atoms with Crippen molar-refractivity contribution in [3.8, 4) is 11.5 Å².